The van der Waals surface area contributed by atoms with Gasteiger partial charge in [-0.05, 0) is 5.56 Å². The van der Waals surface area contributed by atoms with Gasteiger partial charge in [0.05, 0.1) is 0 Å². The lowest BCUT2D eigenvalue weighted by molar-refractivity contribution is 1.04. The molecular weight excluding hydrogens is 214 g/mol. The number of thioether (sulfide) groups is 1. The van der Waals surface area contributed by atoms with Crippen LogP contribution < -0.4 is 5.73 Å². The first-order valence-corrected chi connectivity index (χ1v) is 5.87. The van der Waals surface area contributed by atoms with Crippen LogP contribution in [0.1, 0.15) is 5.56 Å². The van der Waals surface area contributed by atoms with E-state index in [4.69, 9.17) is 5.73 Å². The maximum absolute atomic E-state index is 5.68. The molecule has 0 bridgehead atoms. The molecule has 0 saturated carbocycles. The summed E-state index contributed by atoms with van der Waals surface area (Å²) in [6, 6.07) is 10.2. The number of rotatable bonds is 3. The summed E-state index contributed by atoms with van der Waals surface area (Å²) in [5.41, 5.74) is 6.95. The van der Waals surface area contributed by atoms with Crippen LogP contribution in [0.3, 0.4) is 0 Å². The van der Waals surface area contributed by atoms with E-state index in [1.54, 1.807) is 11.8 Å². The minimum Gasteiger partial charge on any atom is -0.387 e. The Bertz CT molecular complexity index is 399. The van der Waals surface area contributed by atoms with Gasteiger partial charge in [0, 0.05) is 17.3 Å². The monoisotopic (exact) mass is 223 g/mol. The van der Waals surface area contributed by atoms with Crippen molar-refractivity contribution in [1.82, 2.24) is 9.59 Å². The van der Waals surface area contributed by atoms with Gasteiger partial charge in [0.2, 0.25) is 0 Å². The summed E-state index contributed by atoms with van der Waals surface area (Å²) in [5.74, 6) is 0.885. The van der Waals surface area contributed by atoms with Gasteiger partial charge in [-0.3, -0.25) is 0 Å². The van der Waals surface area contributed by atoms with Gasteiger partial charge in [-0.1, -0.05) is 46.6 Å². The van der Waals surface area contributed by atoms with E-state index in [2.05, 4.69) is 21.7 Å². The van der Waals surface area contributed by atoms with Crippen molar-refractivity contribution in [2.75, 3.05) is 5.73 Å². The van der Waals surface area contributed by atoms with Gasteiger partial charge in [0.25, 0.3) is 0 Å². The van der Waals surface area contributed by atoms with E-state index in [0.717, 1.165) is 10.8 Å². The summed E-state index contributed by atoms with van der Waals surface area (Å²) in [6.07, 6.45) is 0. The first-order valence-electron chi connectivity index (χ1n) is 4.11. The molecule has 0 amide bonds. The maximum atomic E-state index is 5.68. The van der Waals surface area contributed by atoms with Crippen LogP contribution in [-0.4, -0.2) is 9.59 Å². The fourth-order valence-corrected chi connectivity index (χ4v) is 2.42. The van der Waals surface area contributed by atoms with Crippen molar-refractivity contribution >= 4 is 28.3 Å². The topological polar surface area (TPSA) is 51.8 Å². The molecule has 2 rings (SSSR count). The fourth-order valence-electron chi connectivity index (χ4n) is 1.02. The smallest absolute Gasteiger partial charge is 0.155 e. The molecule has 1 heterocycles. The van der Waals surface area contributed by atoms with Crippen LogP contribution in [-0.2, 0) is 5.75 Å². The Morgan fingerprint density at radius 1 is 1.29 bits per heavy atom. The zero-order chi connectivity index (χ0) is 9.80. The second kappa shape index (κ2) is 4.43. The summed E-state index contributed by atoms with van der Waals surface area (Å²) in [6.45, 7) is 0. The molecule has 1 aromatic heterocycles. The van der Waals surface area contributed by atoms with Crippen LogP contribution in [0.15, 0.2) is 35.4 Å². The second-order valence-corrected chi connectivity index (χ2v) is 4.47. The number of hydrogen-bond acceptors (Lipinski definition) is 5. The Morgan fingerprint density at radius 2 is 2.07 bits per heavy atom. The zero-order valence-corrected chi connectivity index (χ0v) is 9.02. The largest absolute Gasteiger partial charge is 0.387 e. The third-order valence-corrected chi connectivity index (χ3v) is 3.44. The minimum absolute atomic E-state index is 0.700. The van der Waals surface area contributed by atoms with Crippen molar-refractivity contribution in [3.05, 3.63) is 35.9 Å². The molecule has 0 aliphatic carbocycles. The van der Waals surface area contributed by atoms with Crippen molar-refractivity contribution in [2.45, 2.75) is 10.8 Å². The number of nitrogens with zero attached hydrogens (tertiary/aromatic N) is 2. The highest BCUT2D eigenvalue weighted by Crippen LogP contribution is 2.27. The zero-order valence-electron chi connectivity index (χ0n) is 7.38. The lowest BCUT2D eigenvalue weighted by Gasteiger charge is -1.98. The van der Waals surface area contributed by atoms with E-state index in [0.29, 0.717) is 5.00 Å². The number of aromatic nitrogens is 2. The molecule has 0 saturated heterocycles. The normalized spacial score (nSPS) is 10.3. The fraction of sp³-hybridized carbons (Fsp3) is 0.111. The standard InChI is InChI=1S/C9H9N3S2/c10-8-9(11-12-14-8)13-6-7-4-2-1-3-5-7/h1-5H,6,10H2. The van der Waals surface area contributed by atoms with E-state index >= 15 is 0 Å². The number of nitrogen functional groups attached to an aromatic ring is 1. The number of benzene rings is 1. The molecule has 2 N–H and O–H groups in total. The van der Waals surface area contributed by atoms with Gasteiger partial charge in [0.1, 0.15) is 5.00 Å². The molecule has 0 fully saturated rings. The van der Waals surface area contributed by atoms with E-state index in [-0.39, 0.29) is 0 Å². The van der Waals surface area contributed by atoms with Gasteiger partial charge in [0.15, 0.2) is 5.03 Å². The molecule has 0 radical (unpaired) electrons. The Hall–Kier alpha value is -1.07. The third-order valence-electron chi connectivity index (χ3n) is 1.70. The summed E-state index contributed by atoms with van der Waals surface area (Å²) in [5, 5.41) is 5.47. The van der Waals surface area contributed by atoms with Crippen LogP contribution in [0, 0.1) is 0 Å². The molecule has 0 aliphatic heterocycles. The molecule has 0 spiro atoms. The van der Waals surface area contributed by atoms with Gasteiger partial charge >= 0.3 is 0 Å². The van der Waals surface area contributed by atoms with Crippen molar-refractivity contribution in [3.8, 4) is 0 Å². The minimum atomic E-state index is 0.700. The Morgan fingerprint density at radius 3 is 2.71 bits per heavy atom. The summed E-state index contributed by atoms with van der Waals surface area (Å²) >= 11 is 2.85. The Labute approximate surface area is 90.5 Å². The first kappa shape index (κ1) is 9.48. The predicted molar refractivity (Wildman–Crippen MR) is 60.3 cm³/mol. The van der Waals surface area contributed by atoms with Crippen molar-refractivity contribution in [3.63, 3.8) is 0 Å². The first-order chi connectivity index (χ1) is 6.86. The van der Waals surface area contributed by atoms with Crippen LogP contribution >= 0.6 is 23.3 Å². The molecule has 72 valence electrons. The molecule has 3 nitrogen and oxygen atoms in total. The molecule has 0 unspecified atom stereocenters. The summed E-state index contributed by atoms with van der Waals surface area (Å²) < 4.78 is 3.78. The summed E-state index contributed by atoms with van der Waals surface area (Å²) in [7, 11) is 0. The highest BCUT2D eigenvalue weighted by molar-refractivity contribution is 7.98. The quantitative estimate of drug-likeness (QED) is 0.812. The highest BCUT2D eigenvalue weighted by Gasteiger charge is 2.04. The number of nitrogens with two attached hydrogens (primary N) is 1. The van der Waals surface area contributed by atoms with Gasteiger partial charge in [-0.15, -0.1) is 5.10 Å². The average molecular weight is 223 g/mol. The van der Waals surface area contributed by atoms with Gasteiger partial charge in [-0.2, -0.15) is 0 Å². The highest BCUT2D eigenvalue weighted by atomic mass is 32.2. The molecule has 0 aliphatic rings. The average Bonchev–Trinajstić information content (AvgIpc) is 2.63. The van der Waals surface area contributed by atoms with Crippen LogP contribution in [0.25, 0.3) is 0 Å². The predicted octanol–water partition coefficient (Wildman–Crippen LogP) is 2.41. The Kier molecular flexibility index (Phi) is 3.00. The van der Waals surface area contributed by atoms with Crippen molar-refractivity contribution < 1.29 is 0 Å². The molecular formula is C9H9N3S2. The van der Waals surface area contributed by atoms with Gasteiger partial charge in [-0.25, -0.2) is 0 Å². The summed E-state index contributed by atoms with van der Waals surface area (Å²) in [4.78, 5) is 0. The lowest BCUT2D eigenvalue weighted by atomic mass is 10.2. The molecule has 2 aromatic rings. The Balaban J connectivity index is 1.99. The number of anilines is 1. The molecule has 5 heteroatoms. The van der Waals surface area contributed by atoms with E-state index in [9.17, 15) is 0 Å². The lowest BCUT2D eigenvalue weighted by Crippen LogP contribution is -1.84. The third kappa shape index (κ3) is 2.24. The second-order valence-electron chi connectivity index (χ2n) is 2.72. The van der Waals surface area contributed by atoms with Crippen LogP contribution in [0.4, 0.5) is 5.00 Å². The van der Waals surface area contributed by atoms with Crippen LogP contribution in [0.2, 0.25) is 0 Å². The van der Waals surface area contributed by atoms with E-state index in [1.165, 1.54) is 17.1 Å². The van der Waals surface area contributed by atoms with E-state index in [1.807, 2.05) is 18.2 Å². The molecule has 1 aromatic carbocycles. The van der Waals surface area contributed by atoms with E-state index < -0.39 is 0 Å². The van der Waals surface area contributed by atoms with Crippen molar-refractivity contribution in [1.29, 1.82) is 0 Å². The van der Waals surface area contributed by atoms with Crippen molar-refractivity contribution in [2.24, 2.45) is 0 Å². The molecule has 14 heavy (non-hydrogen) atoms. The SMILES string of the molecule is Nc1snnc1SCc1ccccc1. The van der Waals surface area contributed by atoms with Crippen LogP contribution in [0.5, 0.6) is 0 Å². The number of hydrogen-bond donors (Lipinski definition) is 1. The molecule has 0 atom stereocenters. The maximum Gasteiger partial charge on any atom is 0.155 e. The van der Waals surface area contributed by atoms with Gasteiger partial charge < -0.3 is 5.73 Å².